The first kappa shape index (κ1) is 15.5. The number of nitro benzene ring substituents is 1. The summed E-state index contributed by atoms with van der Waals surface area (Å²) in [5.74, 6) is 0. The maximum Gasteiger partial charge on any atom is 0.292 e. The molecule has 2 rings (SSSR count). The van der Waals surface area contributed by atoms with Gasteiger partial charge in [-0.05, 0) is 55.7 Å². The first-order valence-corrected chi connectivity index (χ1v) is 7.45. The highest BCUT2D eigenvalue weighted by Gasteiger charge is 2.17. The Morgan fingerprint density at radius 2 is 1.86 bits per heavy atom. The number of halogens is 1. The summed E-state index contributed by atoms with van der Waals surface area (Å²) in [4.78, 5) is 10.9. The Labute approximate surface area is 132 Å². The fourth-order valence-corrected chi connectivity index (χ4v) is 2.58. The molecule has 1 unspecified atom stereocenters. The molecule has 0 spiro atoms. The number of benzene rings is 2. The van der Waals surface area contributed by atoms with Crippen molar-refractivity contribution in [2.24, 2.45) is 0 Å². The third-order valence-corrected chi connectivity index (χ3v) is 4.02. The van der Waals surface area contributed by atoms with Gasteiger partial charge in [0.2, 0.25) is 0 Å². The van der Waals surface area contributed by atoms with Crippen LogP contribution in [0.1, 0.15) is 29.7 Å². The molecule has 0 heterocycles. The summed E-state index contributed by atoms with van der Waals surface area (Å²) in [7, 11) is 0. The van der Waals surface area contributed by atoms with Crippen LogP contribution >= 0.6 is 15.9 Å². The maximum absolute atomic E-state index is 11.2. The van der Waals surface area contributed by atoms with Crippen LogP contribution in [0.3, 0.4) is 0 Å². The first-order valence-electron chi connectivity index (χ1n) is 6.66. The van der Waals surface area contributed by atoms with E-state index in [4.69, 9.17) is 0 Å². The quantitative estimate of drug-likeness (QED) is 0.614. The summed E-state index contributed by atoms with van der Waals surface area (Å²) in [6.07, 6.45) is 0. The lowest BCUT2D eigenvalue weighted by Gasteiger charge is -2.17. The van der Waals surface area contributed by atoms with Gasteiger partial charge in [-0.25, -0.2) is 0 Å². The lowest BCUT2D eigenvalue weighted by molar-refractivity contribution is -0.384. The minimum atomic E-state index is -0.345. The van der Waals surface area contributed by atoms with Crippen LogP contribution in [0, 0.1) is 24.0 Å². The third kappa shape index (κ3) is 3.61. The molecule has 4 nitrogen and oxygen atoms in total. The monoisotopic (exact) mass is 348 g/mol. The first-order chi connectivity index (χ1) is 9.88. The van der Waals surface area contributed by atoms with Gasteiger partial charge >= 0.3 is 0 Å². The maximum atomic E-state index is 11.2. The van der Waals surface area contributed by atoms with Crippen LogP contribution in [0.25, 0.3) is 0 Å². The fraction of sp³-hybridized carbons (Fsp3) is 0.250. The van der Waals surface area contributed by atoms with Gasteiger partial charge in [0, 0.05) is 16.6 Å². The van der Waals surface area contributed by atoms with Crippen LogP contribution in [0.15, 0.2) is 40.9 Å². The molecule has 5 heteroatoms. The second kappa shape index (κ2) is 6.26. The molecule has 0 aliphatic carbocycles. The summed E-state index contributed by atoms with van der Waals surface area (Å²) in [5, 5.41) is 14.5. The second-order valence-electron chi connectivity index (χ2n) is 5.13. The van der Waals surface area contributed by atoms with E-state index in [1.807, 2.05) is 51.1 Å². The smallest absolute Gasteiger partial charge is 0.292 e. The molecule has 0 amide bonds. The predicted molar refractivity (Wildman–Crippen MR) is 88.8 cm³/mol. The van der Waals surface area contributed by atoms with E-state index in [-0.39, 0.29) is 16.7 Å². The third-order valence-electron chi connectivity index (χ3n) is 3.53. The molecule has 0 radical (unpaired) electrons. The molecule has 1 atom stereocenters. The highest BCUT2D eigenvalue weighted by atomic mass is 79.9. The van der Waals surface area contributed by atoms with E-state index >= 15 is 0 Å². The Morgan fingerprint density at radius 1 is 1.19 bits per heavy atom. The van der Waals surface area contributed by atoms with Crippen molar-refractivity contribution in [1.82, 2.24) is 0 Å². The minimum absolute atomic E-state index is 0.0247. The van der Waals surface area contributed by atoms with Crippen molar-refractivity contribution in [3.63, 3.8) is 0 Å². The van der Waals surface area contributed by atoms with E-state index in [0.717, 1.165) is 21.2 Å². The molecule has 0 saturated heterocycles. The summed E-state index contributed by atoms with van der Waals surface area (Å²) in [6.45, 7) is 5.82. The van der Waals surface area contributed by atoms with E-state index in [1.165, 1.54) is 0 Å². The molecule has 0 fully saturated rings. The molecule has 0 aromatic heterocycles. The van der Waals surface area contributed by atoms with Gasteiger partial charge in [0.15, 0.2) is 0 Å². The molecule has 21 heavy (non-hydrogen) atoms. The molecule has 1 N–H and O–H groups in total. The number of anilines is 1. The van der Waals surface area contributed by atoms with Crippen LogP contribution in [-0.4, -0.2) is 4.92 Å². The van der Waals surface area contributed by atoms with E-state index in [2.05, 4.69) is 21.2 Å². The fourth-order valence-electron chi connectivity index (χ4n) is 2.16. The minimum Gasteiger partial charge on any atom is -0.373 e. The highest BCUT2D eigenvalue weighted by Crippen LogP contribution is 2.31. The average Bonchev–Trinajstić information content (AvgIpc) is 2.42. The SMILES string of the molecule is Cc1cc(NC(C)c2cccc(Br)c2)c([N+](=O)[O-])cc1C. The van der Waals surface area contributed by atoms with Gasteiger partial charge in [-0.1, -0.05) is 28.1 Å². The van der Waals surface area contributed by atoms with E-state index in [0.29, 0.717) is 5.69 Å². The van der Waals surface area contributed by atoms with Crippen molar-refractivity contribution in [2.45, 2.75) is 26.8 Å². The van der Waals surface area contributed by atoms with Gasteiger partial charge in [-0.3, -0.25) is 10.1 Å². The summed E-state index contributed by atoms with van der Waals surface area (Å²) in [5.41, 5.74) is 3.68. The van der Waals surface area contributed by atoms with Crippen LogP contribution < -0.4 is 5.32 Å². The number of aryl methyl sites for hydroxylation is 2. The van der Waals surface area contributed by atoms with Gasteiger partial charge in [-0.15, -0.1) is 0 Å². The van der Waals surface area contributed by atoms with E-state index in [1.54, 1.807) is 6.07 Å². The standard InChI is InChI=1S/C16H17BrN2O2/c1-10-7-15(16(19(20)21)8-11(10)2)18-12(3)13-5-4-6-14(17)9-13/h4-9,12,18H,1-3H3. The number of nitrogens with one attached hydrogen (secondary N) is 1. The lowest BCUT2D eigenvalue weighted by atomic mass is 10.1. The van der Waals surface area contributed by atoms with Crippen LogP contribution in [0.4, 0.5) is 11.4 Å². The Kier molecular flexibility index (Phi) is 4.63. The molecule has 0 aliphatic heterocycles. The van der Waals surface area contributed by atoms with Crippen molar-refractivity contribution in [1.29, 1.82) is 0 Å². The van der Waals surface area contributed by atoms with Gasteiger partial charge < -0.3 is 5.32 Å². The number of nitrogens with zero attached hydrogens (tertiary/aromatic N) is 1. The average molecular weight is 349 g/mol. The molecule has 110 valence electrons. The summed E-state index contributed by atoms with van der Waals surface area (Å²) >= 11 is 3.44. The van der Waals surface area contributed by atoms with E-state index < -0.39 is 0 Å². The molecule has 0 aliphatic rings. The van der Waals surface area contributed by atoms with Crippen LogP contribution in [0.2, 0.25) is 0 Å². The topological polar surface area (TPSA) is 55.2 Å². The van der Waals surface area contributed by atoms with Crippen molar-refractivity contribution in [3.05, 3.63) is 67.7 Å². The van der Waals surface area contributed by atoms with Crippen LogP contribution in [-0.2, 0) is 0 Å². The largest absolute Gasteiger partial charge is 0.373 e. The van der Waals surface area contributed by atoms with Gasteiger partial charge in [0.25, 0.3) is 5.69 Å². The number of nitro groups is 1. The summed E-state index contributed by atoms with van der Waals surface area (Å²) < 4.78 is 0.989. The molecule has 0 bridgehead atoms. The molecular weight excluding hydrogens is 332 g/mol. The van der Waals surface area contributed by atoms with Crippen molar-refractivity contribution in [2.75, 3.05) is 5.32 Å². The van der Waals surface area contributed by atoms with Gasteiger partial charge in [0.05, 0.1) is 4.92 Å². The normalized spacial score (nSPS) is 12.0. The summed E-state index contributed by atoms with van der Waals surface area (Å²) in [6, 6.07) is 11.3. The number of rotatable bonds is 4. The molecule has 2 aromatic rings. The lowest BCUT2D eigenvalue weighted by Crippen LogP contribution is -2.09. The Hall–Kier alpha value is -1.88. The molecular formula is C16H17BrN2O2. The Morgan fingerprint density at radius 3 is 2.48 bits per heavy atom. The predicted octanol–water partition coefficient (Wildman–Crippen LogP) is 5.15. The van der Waals surface area contributed by atoms with Crippen LogP contribution in [0.5, 0.6) is 0 Å². The van der Waals surface area contributed by atoms with Gasteiger partial charge in [-0.2, -0.15) is 0 Å². The zero-order chi connectivity index (χ0) is 15.6. The Balaban J connectivity index is 2.34. The number of hydrogen-bond acceptors (Lipinski definition) is 3. The zero-order valence-corrected chi connectivity index (χ0v) is 13.8. The van der Waals surface area contributed by atoms with Gasteiger partial charge in [0.1, 0.15) is 5.69 Å². The molecule has 2 aromatic carbocycles. The van der Waals surface area contributed by atoms with E-state index in [9.17, 15) is 10.1 Å². The van der Waals surface area contributed by atoms with Crippen molar-refractivity contribution >= 4 is 27.3 Å². The molecule has 0 saturated carbocycles. The van der Waals surface area contributed by atoms with Crippen molar-refractivity contribution in [3.8, 4) is 0 Å². The zero-order valence-electron chi connectivity index (χ0n) is 12.2. The Bertz CT molecular complexity index is 686. The van der Waals surface area contributed by atoms with Crippen molar-refractivity contribution < 1.29 is 4.92 Å². The number of hydrogen-bond donors (Lipinski definition) is 1. The highest BCUT2D eigenvalue weighted by molar-refractivity contribution is 9.10. The second-order valence-corrected chi connectivity index (χ2v) is 6.05.